The van der Waals surface area contributed by atoms with Crippen LogP contribution in [0.15, 0.2) is 16.7 Å². The minimum absolute atomic E-state index is 0.356. The van der Waals surface area contributed by atoms with Gasteiger partial charge in [-0.25, -0.2) is 4.98 Å². The van der Waals surface area contributed by atoms with E-state index in [1.54, 1.807) is 0 Å². The van der Waals surface area contributed by atoms with Crippen molar-refractivity contribution in [3.63, 3.8) is 0 Å². The summed E-state index contributed by atoms with van der Waals surface area (Å²) in [5.74, 6) is 0.987. The molecule has 0 bridgehead atoms. The molecule has 0 radical (unpaired) electrons. The Labute approximate surface area is 118 Å². The van der Waals surface area contributed by atoms with Gasteiger partial charge in [-0.2, -0.15) is 0 Å². The quantitative estimate of drug-likeness (QED) is 0.899. The van der Waals surface area contributed by atoms with E-state index < -0.39 is 0 Å². The Bertz CT molecular complexity index is 418. The van der Waals surface area contributed by atoms with Gasteiger partial charge in [0.2, 0.25) is 0 Å². The van der Waals surface area contributed by atoms with Gasteiger partial charge in [0.25, 0.3) is 0 Å². The molecule has 1 atom stereocenters. The van der Waals surface area contributed by atoms with E-state index >= 15 is 0 Å². The minimum Gasteiger partial charge on any atom is -0.368 e. The monoisotopic (exact) mass is 311 g/mol. The molecule has 0 spiro atoms. The molecule has 1 unspecified atom stereocenters. The van der Waals surface area contributed by atoms with E-state index in [2.05, 4.69) is 58.4 Å². The molecule has 0 amide bonds. The fourth-order valence-corrected chi connectivity index (χ4v) is 2.99. The predicted molar refractivity (Wildman–Crippen MR) is 80.0 cm³/mol. The molecule has 1 aromatic heterocycles. The molecular weight excluding hydrogens is 290 g/mol. The van der Waals surface area contributed by atoms with Crippen molar-refractivity contribution in [2.75, 3.05) is 18.4 Å². The third-order valence-corrected chi connectivity index (χ3v) is 4.28. The summed E-state index contributed by atoms with van der Waals surface area (Å²) in [4.78, 5) is 4.42. The standard InChI is InChI=1S/C14H22BrN3/c1-10-7-11(15)8-17-13(10)18-9-12-14(2,3)5-4-6-16-12/h7-8,12,16H,4-6,9H2,1-3H3,(H,17,18). The molecule has 1 aliphatic rings. The van der Waals surface area contributed by atoms with E-state index in [1.165, 1.54) is 18.4 Å². The molecule has 3 nitrogen and oxygen atoms in total. The summed E-state index contributed by atoms with van der Waals surface area (Å²) < 4.78 is 1.03. The van der Waals surface area contributed by atoms with E-state index in [0.717, 1.165) is 23.4 Å². The molecule has 0 aromatic carbocycles. The Morgan fingerprint density at radius 3 is 3.00 bits per heavy atom. The van der Waals surface area contributed by atoms with Crippen LogP contribution in [0.3, 0.4) is 0 Å². The van der Waals surface area contributed by atoms with Crippen LogP contribution in [0, 0.1) is 12.3 Å². The summed E-state index contributed by atoms with van der Waals surface area (Å²) in [5, 5.41) is 7.08. The van der Waals surface area contributed by atoms with Crippen LogP contribution >= 0.6 is 15.9 Å². The molecule has 1 aromatic rings. The van der Waals surface area contributed by atoms with Gasteiger partial charge in [-0.05, 0) is 59.3 Å². The molecule has 2 heterocycles. The van der Waals surface area contributed by atoms with Crippen molar-refractivity contribution >= 4 is 21.7 Å². The van der Waals surface area contributed by atoms with Crippen LogP contribution in [0.4, 0.5) is 5.82 Å². The third kappa shape index (κ3) is 3.23. The highest BCUT2D eigenvalue weighted by molar-refractivity contribution is 9.10. The summed E-state index contributed by atoms with van der Waals surface area (Å²) in [7, 11) is 0. The first-order valence-corrected chi connectivity index (χ1v) is 7.38. The SMILES string of the molecule is Cc1cc(Br)cnc1NCC1NCCCC1(C)C. The minimum atomic E-state index is 0.356. The fourth-order valence-electron chi connectivity index (χ4n) is 2.54. The predicted octanol–water partition coefficient (Wildman–Crippen LogP) is 3.34. The average Bonchev–Trinajstić information content (AvgIpc) is 2.29. The number of piperidine rings is 1. The molecular formula is C14H22BrN3. The Morgan fingerprint density at radius 1 is 1.56 bits per heavy atom. The normalized spacial score (nSPS) is 22.8. The van der Waals surface area contributed by atoms with Gasteiger partial charge in [0.1, 0.15) is 5.82 Å². The second kappa shape index (κ2) is 5.57. The van der Waals surface area contributed by atoms with Crippen LogP contribution in [0.1, 0.15) is 32.3 Å². The van der Waals surface area contributed by atoms with Crippen molar-refractivity contribution in [3.05, 3.63) is 22.3 Å². The highest BCUT2D eigenvalue weighted by Gasteiger charge is 2.31. The third-order valence-electron chi connectivity index (χ3n) is 3.85. The number of anilines is 1. The largest absolute Gasteiger partial charge is 0.368 e. The number of hydrogen-bond donors (Lipinski definition) is 2. The summed E-state index contributed by atoms with van der Waals surface area (Å²) in [6, 6.07) is 2.60. The molecule has 100 valence electrons. The second-order valence-corrected chi connectivity index (χ2v) is 6.71. The maximum atomic E-state index is 4.42. The molecule has 18 heavy (non-hydrogen) atoms. The van der Waals surface area contributed by atoms with Crippen LogP contribution in [0.5, 0.6) is 0 Å². The number of aryl methyl sites for hydroxylation is 1. The van der Waals surface area contributed by atoms with Gasteiger partial charge < -0.3 is 10.6 Å². The smallest absolute Gasteiger partial charge is 0.128 e. The molecule has 1 saturated heterocycles. The van der Waals surface area contributed by atoms with Gasteiger partial charge in [-0.3, -0.25) is 0 Å². The Balaban J connectivity index is 1.98. The molecule has 1 aliphatic heterocycles. The van der Waals surface area contributed by atoms with E-state index in [0.29, 0.717) is 11.5 Å². The maximum Gasteiger partial charge on any atom is 0.128 e. The first-order chi connectivity index (χ1) is 8.49. The van der Waals surface area contributed by atoms with Crippen molar-refractivity contribution in [1.82, 2.24) is 10.3 Å². The number of hydrogen-bond acceptors (Lipinski definition) is 3. The number of nitrogens with one attached hydrogen (secondary N) is 2. The zero-order valence-corrected chi connectivity index (χ0v) is 13.0. The molecule has 0 aliphatic carbocycles. The van der Waals surface area contributed by atoms with Crippen LogP contribution < -0.4 is 10.6 Å². The van der Waals surface area contributed by atoms with Gasteiger partial charge in [0.05, 0.1) is 0 Å². The van der Waals surface area contributed by atoms with Gasteiger partial charge in [-0.1, -0.05) is 13.8 Å². The van der Waals surface area contributed by atoms with Gasteiger partial charge in [0.15, 0.2) is 0 Å². The first kappa shape index (κ1) is 13.8. The van der Waals surface area contributed by atoms with Crippen molar-refractivity contribution in [1.29, 1.82) is 0 Å². The highest BCUT2D eigenvalue weighted by atomic mass is 79.9. The van der Waals surface area contributed by atoms with Crippen LogP contribution in [-0.2, 0) is 0 Å². The molecule has 4 heteroatoms. The zero-order chi connectivity index (χ0) is 13.2. The average molecular weight is 312 g/mol. The lowest BCUT2D eigenvalue weighted by Gasteiger charge is -2.39. The summed E-state index contributed by atoms with van der Waals surface area (Å²) >= 11 is 3.44. The summed E-state index contributed by atoms with van der Waals surface area (Å²) in [6.45, 7) is 8.82. The Morgan fingerprint density at radius 2 is 2.33 bits per heavy atom. The van der Waals surface area contributed by atoms with Crippen molar-refractivity contribution in [2.45, 2.75) is 39.7 Å². The summed E-state index contributed by atoms with van der Waals surface area (Å²) in [5.41, 5.74) is 1.53. The first-order valence-electron chi connectivity index (χ1n) is 6.58. The Kier molecular flexibility index (Phi) is 4.28. The molecule has 2 rings (SSSR count). The van der Waals surface area contributed by atoms with E-state index in [-0.39, 0.29) is 0 Å². The number of pyridine rings is 1. The number of rotatable bonds is 3. The lowest BCUT2D eigenvalue weighted by Crippen LogP contribution is -2.50. The van der Waals surface area contributed by atoms with Crippen LogP contribution in [0.25, 0.3) is 0 Å². The zero-order valence-electron chi connectivity index (χ0n) is 11.4. The van der Waals surface area contributed by atoms with Gasteiger partial charge >= 0.3 is 0 Å². The topological polar surface area (TPSA) is 37.0 Å². The van der Waals surface area contributed by atoms with E-state index in [1.807, 2.05) is 6.20 Å². The summed E-state index contributed by atoms with van der Waals surface area (Å²) in [6.07, 6.45) is 4.41. The van der Waals surface area contributed by atoms with Crippen molar-refractivity contribution < 1.29 is 0 Å². The fraction of sp³-hybridized carbons (Fsp3) is 0.643. The van der Waals surface area contributed by atoms with Gasteiger partial charge in [-0.15, -0.1) is 0 Å². The van der Waals surface area contributed by atoms with Crippen LogP contribution in [-0.4, -0.2) is 24.1 Å². The number of nitrogens with zero attached hydrogens (tertiary/aromatic N) is 1. The Hall–Kier alpha value is -0.610. The molecule has 1 fully saturated rings. The maximum absolute atomic E-state index is 4.42. The van der Waals surface area contributed by atoms with E-state index in [9.17, 15) is 0 Å². The second-order valence-electron chi connectivity index (χ2n) is 5.80. The van der Waals surface area contributed by atoms with E-state index in [4.69, 9.17) is 0 Å². The van der Waals surface area contributed by atoms with Crippen molar-refractivity contribution in [2.24, 2.45) is 5.41 Å². The van der Waals surface area contributed by atoms with Gasteiger partial charge in [0, 0.05) is 23.3 Å². The van der Waals surface area contributed by atoms with Crippen LogP contribution in [0.2, 0.25) is 0 Å². The lowest BCUT2D eigenvalue weighted by atomic mass is 9.77. The lowest BCUT2D eigenvalue weighted by molar-refractivity contribution is 0.188. The number of aromatic nitrogens is 1. The molecule has 0 saturated carbocycles. The molecule has 2 N–H and O–H groups in total. The number of halogens is 1. The highest BCUT2D eigenvalue weighted by Crippen LogP contribution is 2.30. The van der Waals surface area contributed by atoms with Crippen molar-refractivity contribution in [3.8, 4) is 0 Å².